The number of benzene rings is 2. The summed E-state index contributed by atoms with van der Waals surface area (Å²) in [6, 6.07) is 9.31. The Labute approximate surface area is 208 Å². The molecule has 0 aromatic heterocycles. The van der Waals surface area contributed by atoms with E-state index in [1.165, 1.54) is 11.8 Å². The summed E-state index contributed by atoms with van der Waals surface area (Å²) < 4.78 is 5.94. The van der Waals surface area contributed by atoms with Crippen molar-refractivity contribution in [3.8, 4) is 11.5 Å². The molecule has 0 atom stereocenters. The molecule has 0 N–H and O–H groups in total. The van der Waals surface area contributed by atoms with E-state index in [1.807, 2.05) is 31.2 Å². The van der Waals surface area contributed by atoms with Crippen LogP contribution >= 0.6 is 23.4 Å². The van der Waals surface area contributed by atoms with Gasteiger partial charge in [0.1, 0.15) is 5.75 Å². The summed E-state index contributed by atoms with van der Waals surface area (Å²) in [4.78, 5) is 40.1. The normalized spacial score (nSPS) is 15.4. The Bertz CT molecular complexity index is 1110. The second-order valence-corrected chi connectivity index (χ2v) is 9.47. The molecule has 2 heterocycles. The molecule has 0 radical (unpaired) electrons. The number of halogens is 1. The molecule has 180 valence electrons. The third-order valence-electron chi connectivity index (χ3n) is 5.82. The molecule has 0 aliphatic carbocycles. The molecule has 1 saturated heterocycles. The van der Waals surface area contributed by atoms with Crippen molar-refractivity contribution in [1.29, 1.82) is 0 Å². The van der Waals surface area contributed by atoms with E-state index < -0.39 is 0 Å². The molecule has 34 heavy (non-hydrogen) atoms. The Morgan fingerprint density at radius 2 is 1.82 bits per heavy atom. The number of carbonyl (C=O) groups excluding carboxylic acids is 2. The first-order valence-electron chi connectivity index (χ1n) is 11.2. The smallest absolute Gasteiger partial charge is 0.253 e. The summed E-state index contributed by atoms with van der Waals surface area (Å²) in [5.74, 6) is 1.32. The predicted octanol–water partition coefficient (Wildman–Crippen LogP) is 4.46. The van der Waals surface area contributed by atoms with Crippen LogP contribution in [0.4, 0.5) is 0 Å². The molecular formula is C25H27ClN2O5S. The summed E-state index contributed by atoms with van der Waals surface area (Å²) >= 11 is 8.12. The highest BCUT2D eigenvalue weighted by molar-refractivity contribution is 7.99. The van der Waals surface area contributed by atoms with Crippen LogP contribution in [-0.2, 0) is 20.9 Å². The lowest BCUT2D eigenvalue weighted by molar-refractivity contribution is -0.215. The van der Waals surface area contributed by atoms with Crippen molar-refractivity contribution in [2.24, 2.45) is 0 Å². The molecule has 4 rings (SSSR count). The minimum Gasteiger partial charge on any atom is -0.492 e. The number of rotatable bonds is 6. The first-order chi connectivity index (χ1) is 16.4. The average molecular weight is 503 g/mol. The van der Waals surface area contributed by atoms with E-state index >= 15 is 0 Å². The van der Waals surface area contributed by atoms with Crippen molar-refractivity contribution in [3.63, 3.8) is 0 Å². The molecule has 9 heteroatoms. The summed E-state index contributed by atoms with van der Waals surface area (Å²) in [5.41, 5.74) is 2.04. The topological polar surface area (TPSA) is 68.3 Å². The Hall–Kier alpha value is -2.68. The Balaban J connectivity index is 1.49. The molecule has 0 unspecified atom stereocenters. The van der Waals surface area contributed by atoms with Crippen molar-refractivity contribution in [1.82, 2.24) is 9.80 Å². The molecule has 2 aromatic carbocycles. The third kappa shape index (κ3) is 5.19. The van der Waals surface area contributed by atoms with Gasteiger partial charge in [0.15, 0.2) is 5.75 Å². The number of amides is 2. The van der Waals surface area contributed by atoms with E-state index in [1.54, 1.807) is 22.8 Å². The lowest BCUT2D eigenvalue weighted by Crippen LogP contribution is -2.50. The summed E-state index contributed by atoms with van der Waals surface area (Å²) in [6.45, 7) is 10.5. The largest absolute Gasteiger partial charge is 0.492 e. The summed E-state index contributed by atoms with van der Waals surface area (Å²) in [6.07, 6.45) is 0.703. The first kappa shape index (κ1) is 24.4. The molecule has 2 aliphatic heterocycles. The summed E-state index contributed by atoms with van der Waals surface area (Å²) in [5, 5.41) is 0.526. The number of carbonyl (C=O) groups is 2. The van der Waals surface area contributed by atoms with Crippen LogP contribution in [0.15, 0.2) is 46.7 Å². The van der Waals surface area contributed by atoms with Crippen LogP contribution in [0.5, 0.6) is 11.5 Å². The Morgan fingerprint density at radius 3 is 2.50 bits per heavy atom. The van der Waals surface area contributed by atoms with Gasteiger partial charge >= 0.3 is 0 Å². The SMILES string of the molecule is C=C(C(=O)N1CCN(C(C)=O)CC1)c1ccc(Sc2ccc3c(c2OCC)CCOO3)c(Cl)c1. The molecule has 1 fully saturated rings. The zero-order chi connectivity index (χ0) is 24.2. The molecule has 0 spiro atoms. The van der Waals surface area contributed by atoms with Gasteiger partial charge in [-0.25, -0.2) is 0 Å². The van der Waals surface area contributed by atoms with Gasteiger partial charge in [0.2, 0.25) is 5.91 Å². The van der Waals surface area contributed by atoms with Crippen molar-refractivity contribution in [2.45, 2.75) is 30.1 Å². The predicted molar refractivity (Wildman–Crippen MR) is 131 cm³/mol. The van der Waals surface area contributed by atoms with E-state index in [4.69, 9.17) is 26.1 Å². The van der Waals surface area contributed by atoms with Gasteiger partial charge in [-0.05, 0) is 36.8 Å². The lowest BCUT2D eigenvalue weighted by Gasteiger charge is -2.34. The van der Waals surface area contributed by atoms with Gasteiger partial charge in [0, 0.05) is 55.6 Å². The van der Waals surface area contributed by atoms with Crippen LogP contribution in [0, 0.1) is 0 Å². The van der Waals surface area contributed by atoms with Gasteiger partial charge in [0.25, 0.3) is 5.91 Å². The van der Waals surface area contributed by atoms with Crippen LogP contribution in [0.25, 0.3) is 5.57 Å². The maximum absolute atomic E-state index is 13.0. The maximum Gasteiger partial charge on any atom is 0.253 e. The molecule has 0 bridgehead atoms. The van der Waals surface area contributed by atoms with Crippen LogP contribution in [0.2, 0.25) is 5.02 Å². The third-order valence-corrected chi connectivity index (χ3v) is 7.37. The van der Waals surface area contributed by atoms with E-state index in [-0.39, 0.29) is 11.8 Å². The molecular weight excluding hydrogens is 476 g/mol. The van der Waals surface area contributed by atoms with Crippen LogP contribution in [0.1, 0.15) is 25.0 Å². The van der Waals surface area contributed by atoms with Gasteiger partial charge in [-0.2, -0.15) is 4.89 Å². The first-order valence-corrected chi connectivity index (χ1v) is 12.4. The standard InChI is InChI=1S/C25H27ClN2O5S/c1-4-31-24-19-9-14-32-33-21(19)6-8-23(24)34-22-7-5-18(15-20(22)26)16(2)25(30)28-12-10-27(11-13-28)17(3)29/h5-8,15H,2,4,9-14H2,1,3H3. The highest BCUT2D eigenvalue weighted by Crippen LogP contribution is 2.44. The minimum absolute atomic E-state index is 0.0260. The van der Waals surface area contributed by atoms with Crippen molar-refractivity contribution >= 4 is 40.8 Å². The van der Waals surface area contributed by atoms with Gasteiger partial charge in [-0.15, -0.1) is 0 Å². The number of piperazine rings is 1. The maximum atomic E-state index is 13.0. The second kappa shape index (κ2) is 10.7. The number of hydrogen-bond acceptors (Lipinski definition) is 6. The molecule has 7 nitrogen and oxygen atoms in total. The van der Waals surface area contributed by atoms with Gasteiger partial charge < -0.3 is 19.4 Å². The lowest BCUT2D eigenvalue weighted by atomic mass is 10.1. The van der Waals surface area contributed by atoms with Crippen LogP contribution in [0.3, 0.4) is 0 Å². The van der Waals surface area contributed by atoms with Gasteiger partial charge in [-0.1, -0.05) is 36.0 Å². The monoisotopic (exact) mass is 502 g/mol. The van der Waals surface area contributed by atoms with Crippen LogP contribution in [-0.4, -0.2) is 61.0 Å². The Kier molecular flexibility index (Phi) is 7.70. The van der Waals surface area contributed by atoms with E-state index in [0.717, 1.165) is 21.1 Å². The zero-order valence-electron chi connectivity index (χ0n) is 19.3. The summed E-state index contributed by atoms with van der Waals surface area (Å²) in [7, 11) is 0. The van der Waals surface area contributed by atoms with Gasteiger partial charge in [0.05, 0.1) is 23.1 Å². The van der Waals surface area contributed by atoms with E-state index in [9.17, 15) is 9.59 Å². The van der Waals surface area contributed by atoms with Crippen molar-refractivity contribution in [2.75, 3.05) is 39.4 Å². The van der Waals surface area contributed by atoms with Crippen LogP contribution < -0.4 is 9.62 Å². The van der Waals surface area contributed by atoms with Crippen molar-refractivity contribution in [3.05, 3.63) is 53.1 Å². The highest BCUT2D eigenvalue weighted by atomic mass is 35.5. The quantitative estimate of drug-likeness (QED) is 0.429. The average Bonchev–Trinajstić information content (AvgIpc) is 2.85. The van der Waals surface area contributed by atoms with Crippen molar-refractivity contribution < 1.29 is 24.1 Å². The number of hydrogen-bond donors (Lipinski definition) is 0. The Morgan fingerprint density at radius 1 is 1.12 bits per heavy atom. The van der Waals surface area contributed by atoms with E-state index in [2.05, 4.69) is 6.58 Å². The van der Waals surface area contributed by atoms with Gasteiger partial charge in [-0.3, -0.25) is 9.59 Å². The molecule has 2 aromatic rings. The molecule has 2 aliphatic rings. The number of nitrogens with zero attached hydrogens (tertiary/aromatic N) is 2. The second-order valence-electron chi connectivity index (χ2n) is 7.98. The minimum atomic E-state index is -0.143. The highest BCUT2D eigenvalue weighted by Gasteiger charge is 2.25. The number of ether oxygens (including phenoxy) is 1. The molecule has 2 amide bonds. The zero-order valence-corrected chi connectivity index (χ0v) is 20.8. The molecule has 0 saturated carbocycles. The van der Waals surface area contributed by atoms with E-state index in [0.29, 0.717) is 67.7 Å². The fourth-order valence-electron chi connectivity index (χ4n) is 3.96. The fourth-order valence-corrected chi connectivity index (χ4v) is 5.20. The fraction of sp³-hybridized carbons (Fsp3) is 0.360. The number of fused-ring (bicyclic) bond motifs is 1.